The summed E-state index contributed by atoms with van der Waals surface area (Å²) in [5.74, 6) is 0.799. The molecule has 2 saturated heterocycles. The van der Waals surface area contributed by atoms with Crippen molar-refractivity contribution in [1.82, 2.24) is 20.4 Å². The number of rotatable bonds is 2. The van der Waals surface area contributed by atoms with Gasteiger partial charge in [0.15, 0.2) is 0 Å². The molecule has 1 unspecified atom stereocenters. The van der Waals surface area contributed by atoms with Crippen molar-refractivity contribution in [3.63, 3.8) is 0 Å². The molecule has 2 bridgehead atoms. The molecule has 2 aromatic rings. The molecular formula is C16H20N4O. The number of amides is 1. The maximum Gasteiger partial charge on any atom is 0.251 e. The van der Waals surface area contributed by atoms with Gasteiger partial charge >= 0.3 is 0 Å². The molecule has 1 amide bonds. The highest BCUT2D eigenvalue weighted by molar-refractivity contribution is 5.98. The molecular weight excluding hydrogens is 264 g/mol. The van der Waals surface area contributed by atoms with Crippen molar-refractivity contribution in [3.8, 4) is 0 Å². The van der Waals surface area contributed by atoms with E-state index in [0.717, 1.165) is 41.0 Å². The molecule has 2 aliphatic rings. The van der Waals surface area contributed by atoms with Crippen LogP contribution in [0.5, 0.6) is 0 Å². The maximum absolute atomic E-state index is 12.5. The van der Waals surface area contributed by atoms with E-state index in [1.807, 2.05) is 25.1 Å². The lowest BCUT2D eigenvalue weighted by molar-refractivity contribution is 0.0909. The van der Waals surface area contributed by atoms with Gasteiger partial charge in [-0.25, -0.2) is 0 Å². The van der Waals surface area contributed by atoms with E-state index in [9.17, 15) is 4.79 Å². The third-order valence-corrected chi connectivity index (χ3v) is 4.81. The molecule has 5 heteroatoms. The van der Waals surface area contributed by atoms with Crippen LogP contribution in [0.25, 0.3) is 10.9 Å². The van der Waals surface area contributed by atoms with Gasteiger partial charge in [0.1, 0.15) is 0 Å². The number of piperidine rings is 1. The molecule has 0 spiro atoms. The monoisotopic (exact) mass is 284 g/mol. The van der Waals surface area contributed by atoms with E-state index in [0.29, 0.717) is 6.04 Å². The first kappa shape index (κ1) is 12.8. The van der Waals surface area contributed by atoms with Crippen LogP contribution in [0.1, 0.15) is 28.9 Å². The van der Waals surface area contributed by atoms with Gasteiger partial charge in [-0.3, -0.25) is 9.89 Å². The molecule has 5 nitrogen and oxygen atoms in total. The van der Waals surface area contributed by atoms with Crippen LogP contribution in [0.3, 0.4) is 0 Å². The van der Waals surface area contributed by atoms with Crippen LogP contribution in [0.2, 0.25) is 0 Å². The number of fused-ring (bicyclic) bond motifs is 3. The second kappa shape index (κ2) is 4.84. The Hall–Kier alpha value is -1.88. The van der Waals surface area contributed by atoms with Crippen molar-refractivity contribution in [2.45, 2.75) is 25.8 Å². The lowest BCUT2D eigenvalue weighted by Crippen LogP contribution is -2.47. The van der Waals surface area contributed by atoms with Gasteiger partial charge in [0.25, 0.3) is 5.91 Å². The van der Waals surface area contributed by atoms with Crippen molar-refractivity contribution in [2.24, 2.45) is 5.92 Å². The van der Waals surface area contributed by atoms with Crippen molar-refractivity contribution < 1.29 is 4.79 Å². The molecule has 0 saturated carbocycles. The van der Waals surface area contributed by atoms with Crippen LogP contribution >= 0.6 is 0 Å². The van der Waals surface area contributed by atoms with Crippen molar-refractivity contribution in [2.75, 3.05) is 19.6 Å². The highest BCUT2D eigenvalue weighted by atomic mass is 16.1. The highest BCUT2D eigenvalue weighted by Gasteiger charge is 2.32. The van der Waals surface area contributed by atoms with E-state index < -0.39 is 0 Å². The van der Waals surface area contributed by atoms with Crippen LogP contribution in [0.4, 0.5) is 0 Å². The smallest absolute Gasteiger partial charge is 0.251 e. The predicted molar refractivity (Wildman–Crippen MR) is 81.2 cm³/mol. The molecule has 1 aromatic carbocycles. The standard InChI is InChI=1S/C16H20N4O/c1-10-14-7-12(2-3-15(14)19-18-10)16(21)17-13-6-11-4-5-20(8-11)9-13/h2-3,7,11,13H,4-6,8-9H2,1H3,(H,17,21)(H,18,19)/t11-,13-/m1/s1. The Labute approximate surface area is 123 Å². The SMILES string of the molecule is Cc1[nH]nc2ccc(C(=O)N[C@@H]3C[C@H]4CCN(C4)C3)cc12. The van der Waals surface area contributed by atoms with Gasteiger partial charge in [-0.1, -0.05) is 0 Å². The summed E-state index contributed by atoms with van der Waals surface area (Å²) >= 11 is 0. The zero-order chi connectivity index (χ0) is 14.4. The molecule has 0 aliphatic carbocycles. The van der Waals surface area contributed by atoms with Crippen LogP contribution in [-0.2, 0) is 0 Å². The van der Waals surface area contributed by atoms with E-state index in [1.54, 1.807) is 0 Å². The number of carbonyl (C=O) groups excluding carboxylic acids is 1. The quantitative estimate of drug-likeness (QED) is 0.882. The Morgan fingerprint density at radius 1 is 1.43 bits per heavy atom. The molecule has 4 rings (SSSR count). The summed E-state index contributed by atoms with van der Waals surface area (Å²) in [4.78, 5) is 14.9. The topological polar surface area (TPSA) is 61.0 Å². The Morgan fingerprint density at radius 3 is 3.19 bits per heavy atom. The number of benzene rings is 1. The van der Waals surface area contributed by atoms with Gasteiger partial charge in [0.2, 0.25) is 0 Å². The summed E-state index contributed by atoms with van der Waals surface area (Å²) < 4.78 is 0. The van der Waals surface area contributed by atoms with Crippen LogP contribution in [0, 0.1) is 12.8 Å². The second-order valence-corrected chi connectivity index (χ2v) is 6.40. The van der Waals surface area contributed by atoms with E-state index in [2.05, 4.69) is 20.4 Å². The number of aromatic amines is 1. The van der Waals surface area contributed by atoms with Crippen molar-refractivity contribution in [3.05, 3.63) is 29.5 Å². The molecule has 2 fully saturated rings. The van der Waals surface area contributed by atoms with E-state index in [4.69, 9.17) is 0 Å². The Bertz CT molecular complexity index is 681. The molecule has 21 heavy (non-hydrogen) atoms. The van der Waals surface area contributed by atoms with Gasteiger partial charge in [-0.15, -0.1) is 0 Å². The summed E-state index contributed by atoms with van der Waals surface area (Å²) in [5.41, 5.74) is 2.63. The molecule has 3 heterocycles. The number of carbonyl (C=O) groups is 1. The van der Waals surface area contributed by atoms with E-state index in [-0.39, 0.29) is 5.91 Å². The second-order valence-electron chi connectivity index (χ2n) is 6.40. The first-order valence-electron chi connectivity index (χ1n) is 7.67. The summed E-state index contributed by atoms with van der Waals surface area (Å²) in [6, 6.07) is 5.98. The van der Waals surface area contributed by atoms with Crippen LogP contribution in [-0.4, -0.2) is 46.7 Å². The Kier molecular flexibility index (Phi) is 2.96. The third kappa shape index (κ3) is 2.31. The van der Waals surface area contributed by atoms with Crippen LogP contribution in [0.15, 0.2) is 18.2 Å². The molecule has 2 N–H and O–H groups in total. The Balaban J connectivity index is 1.52. The fourth-order valence-electron chi connectivity index (χ4n) is 3.71. The highest BCUT2D eigenvalue weighted by Crippen LogP contribution is 2.27. The Morgan fingerprint density at radius 2 is 2.33 bits per heavy atom. The molecule has 1 aromatic heterocycles. The maximum atomic E-state index is 12.5. The first-order chi connectivity index (χ1) is 10.2. The van der Waals surface area contributed by atoms with Gasteiger partial charge in [0, 0.05) is 35.8 Å². The van der Waals surface area contributed by atoms with Gasteiger partial charge in [0.05, 0.1) is 5.52 Å². The summed E-state index contributed by atoms with van der Waals surface area (Å²) in [6.07, 6.45) is 2.40. The number of hydrogen-bond acceptors (Lipinski definition) is 3. The normalized spacial score (nSPS) is 28.0. The number of aryl methyl sites for hydroxylation is 1. The summed E-state index contributed by atoms with van der Waals surface area (Å²) in [7, 11) is 0. The lowest BCUT2D eigenvalue weighted by atomic mass is 9.96. The largest absolute Gasteiger partial charge is 0.348 e. The van der Waals surface area contributed by atoms with Crippen molar-refractivity contribution >= 4 is 16.8 Å². The van der Waals surface area contributed by atoms with Gasteiger partial charge in [-0.05, 0) is 50.4 Å². The first-order valence-corrected chi connectivity index (χ1v) is 7.67. The molecule has 3 atom stereocenters. The summed E-state index contributed by atoms with van der Waals surface area (Å²) in [6.45, 7) is 5.38. The third-order valence-electron chi connectivity index (χ3n) is 4.81. The number of H-pyrrole nitrogens is 1. The molecule has 110 valence electrons. The number of hydrogen-bond donors (Lipinski definition) is 2. The minimum absolute atomic E-state index is 0.0324. The van der Waals surface area contributed by atoms with Crippen LogP contribution < -0.4 is 5.32 Å². The fourth-order valence-corrected chi connectivity index (χ4v) is 3.71. The number of nitrogens with one attached hydrogen (secondary N) is 2. The van der Waals surface area contributed by atoms with Crippen molar-refractivity contribution in [1.29, 1.82) is 0 Å². The number of aromatic nitrogens is 2. The lowest BCUT2D eigenvalue weighted by Gasteiger charge is -2.30. The van der Waals surface area contributed by atoms with E-state index in [1.165, 1.54) is 19.5 Å². The fraction of sp³-hybridized carbons (Fsp3) is 0.500. The average Bonchev–Trinajstić information content (AvgIpc) is 3.02. The summed E-state index contributed by atoms with van der Waals surface area (Å²) in [5, 5.41) is 11.4. The molecule has 0 radical (unpaired) electrons. The zero-order valence-corrected chi connectivity index (χ0v) is 12.2. The van der Waals surface area contributed by atoms with E-state index >= 15 is 0 Å². The minimum atomic E-state index is 0.0324. The van der Waals surface area contributed by atoms with Gasteiger partial charge < -0.3 is 10.2 Å². The predicted octanol–water partition coefficient (Wildman–Crippen LogP) is 1.70. The average molecular weight is 284 g/mol. The minimum Gasteiger partial charge on any atom is -0.348 e. The number of nitrogens with zero attached hydrogens (tertiary/aromatic N) is 2. The molecule has 2 aliphatic heterocycles. The zero-order valence-electron chi connectivity index (χ0n) is 12.2. The van der Waals surface area contributed by atoms with Gasteiger partial charge in [-0.2, -0.15) is 5.10 Å².